The van der Waals surface area contributed by atoms with Crippen molar-refractivity contribution in [2.24, 2.45) is 0 Å². The second kappa shape index (κ2) is 2.45. The molecule has 1 aliphatic heterocycles. The highest BCUT2D eigenvalue weighted by Gasteiger charge is 2.40. The molecule has 0 aromatic rings. The fourth-order valence-corrected chi connectivity index (χ4v) is 1.01. The number of carbonyl (C=O) groups excluding carboxylic acids is 2. The Morgan fingerprint density at radius 2 is 1.83 bits per heavy atom. The summed E-state index contributed by atoms with van der Waals surface area (Å²) in [6.07, 6.45) is 0. The molecule has 0 atom stereocenters. The van der Waals surface area contributed by atoms with E-state index in [0.29, 0.717) is 0 Å². The molecule has 1 aliphatic rings. The number of imide groups is 1. The molecule has 68 valence electrons. The average Bonchev–Trinajstić information content (AvgIpc) is 2.15. The van der Waals surface area contributed by atoms with Gasteiger partial charge in [-0.3, -0.25) is 10.0 Å². The first kappa shape index (κ1) is 8.99. The number of amides is 3. The lowest BCUT2D eigenvalue weighted by molar-refractivity contribution is -0.146. The quantitative estimate of drug-likeness (QED) is 0.426. The van der Waals surface area contributed by atoms with Gasteiger partial charge in [0.2, 0.25) is 0 Å². The highest BCUT2D eigenvalue weighted by molar-refractivity contribution is 6.00. The van der Waals surface area contributed by atoms with Gasteiger partial charge in [-0.2, -0.15) is 0 Å². The van der Waals surface area contributed by atoms with Gasteiger partial charge in [0, 0.05) is 5.54 Å². The molecule has 0 bridgehead atoms. The van der Waals surface area contributed by atoms with Crippen LogP contribution in [0.5, 0.6) is 0 Å². The van der Waals surface area contributed by atoms with Crippen molar-refractivity contribution < 1.29 is 14.8 Å². The predicted octanol–water partition coefficient (Wildman–Crippen LogP) is 0.438. The highest BCUT2D eigenvalue weighted by Crippen LogP contribution is 2.19. The Balaban J connectivity index is 2.86. The van der Waals surface area contributed by atoms with Crippen molar-refractivity contribution in [3.63, 3.8) is 0 Å². The van der Waals surface area contributed by atoms with Crippen LogP contribution in [-0.2, 0) is 4.79 Å². The van der Waals surface area contributed by atoms with Crippen LogP contribution < -0.4 is 0 Å². The molecule has 0 aromatic heterocycles. The first-order chi connectivity index (χ1) is 5.34. The van der Waals surface area contributed by atoms with Crippen LogP contribution in [0.4, 0.5) is 4.79 Å². The first-order valence-electron chi connectivity index (χ1n) is 3.67. The van der Waals surface area contributed by atoms with E-state index in [2.05, 4.69) is 0 Å². The Morgan fingerprint density at radius 3 is 2.00 bits per heavy atom. The molecule has 0 unspecified atom stereocenters. The molecule has 1 rings (SSSR count). The summed E-state index contributed by atoms with van der Waals surface area (Å²) in [5.74, 6) is -0.574. The molecule has 1 N–H and O–H groups in total. The minimum absolute atomic E-state index is 0.0428. The van der Waals surface area contributed by atoms with Crippen molar-refractivity contribution in [1.29, 1.82) is 0 Å². The van der Waals surface area contributed by atoms with Gasteiger partial charge in [-0.05, 0) is 20.8 Å². The minimum Gasteiger partial charge on any atom is -0.308 e. The monoisotopic (exact) mass is 172 g/mol. The minimum atomic E-state index is -0.646. The maximum atomic E-state index is 11.1. The molecule has 0 saturated carbocycles. The molecular weight excluding hydrogens is 160 g/mol. The van der Waals surface area contributed by atoms with E-state index < -0.39 is 17.5 Å². The van der Waals surface area contributed by atoms with Gasteiger partial charge in [-0.15, -0.1) is 5.06 Å². The summed E-state index contributed by atoms with van der Waals surface area (Å²) in [6, 6.07) is -0.646. The van der Waals surface area contributed by atoms with Crippen LogP contribution in [0, 0.1) is 0 Å². The molecule has 1 fully saturated rings. The van der Waals surface area contributed by atoms with Crippen molar-refractivity contribution in [2.75, 3.05) is 6.54 Å². The standard InChI is InChI=1S/C7H12N2O3/c1-7(2,3)8-4-5(10)9(12)6(8)11/h12H,4H2,1-3H3. The Morgan fingerprint density at radius 1 is 1.33 bits per heavy atom. The van der Waals surface area contributed by atoms with Gasteiger partial charge < -0.3 is 4.90 Å². The third kappa shape index (κ3) is 1.27. The number of hydroxylamine groups is 2. The van der Waals surface area contributed by atoms with Crippen molar-refractivity contribution in [3.8, 4) is 0 Å². The summed E-state index contributed by atoms with van der Waals surface area (Å²) < 4.78 is 0. The van der Waals surface area contributed by atoms with Gasteiger partial charge in [-0.25, -0.2) is 4.79 Å². The molecule has 0 radical (unpaired) electrons. The molecule has 1 heterocycles. The third-order valence-electron chi connectivity index (χ3n) is 1.75. The van der Waals surface area contributed by atoms with Gasteiger partial charge in [0.25, 0.3) is 5.91 Å². The van der Waals surface area contributed by atoms with Gasteiger partial charge in [0.15, 0.2) is 0 Å². The molecule has 5 heteroatoms. The smallest absolute Gasteiger partial charge is 0.308 e. The zero-order valence-corrected chi connectivity index (χ0v) is 7.37. The van der Waals surface area contributed by atoms with Gasteiger partial charge in [0.1, 0.15) is 6.54 Å². The summed E-state index contributed by atoms with van der Waals surface area (Å²) in [7, 11) is 0. The first-order valence-corrected chi connectivity index (χ1v) is 3.67. The molecule has 0 aliphatic carbocycles. The number of rotatable bonds is 0. The zero-order chi connectivity index (χ0) is 9.52. The summed E-state index contributed by atoms with van der Waals surface area (Å²) in [5, 5.41) is 9.05. The SMILES string of the molecule is CC(C)(C)N1CC(=O)N(O)C1=O. The van der Waals surface area contributed by atoms with Crippen LogP contribution in [0.15, 0.2) is 0 Å². The fourth-order valence-electron chi connectivity index (χ4n) is 1.01. The number of nitrogens with zero attached hydrogens (tertiary/aromatic N) is 2. The summed E-state index contributed by atoms with van der Waals surface area (Å²) >= 11 is 0. The summed E-state index contributed by atoms with van der Waals surface area (Å²) in [5.41, 5.74) is -0.426. The zero-order valence-electron chi connectivity index (χ0n) is 7.37. The fraction of sp³-hybridized carbons (Fsp3) is 0.714. The van der Waals surface area contributed by atoms with E-state index in [1.165, 1.54) is 4.90 Å². The summed E-state index contributed by atoms with van der Waals surface area (Å²) in [4.78, 5) is 23.3. The highest BCUT2D eigenvalue weighted by atomic mass is 16.5. The van der Waals surface area contributed by atoms with Crippen LogP contribution in [0.1, 0.15) is 20.8 Å². The van der Waals surface area contributed by atoms with E-state index in [4.69, 9.17) is 5.21 Å². The second-order valence-corrected chi connectivity index (χ2v) is 3.75. The average molecular weight is 172 g/mol. The van der Waals surface area contributed by atoms with Crippen LogP contribution in [0.3, 0.4) is 0 Å². The lowest BCUT2D eigenvalue weighted by Gasteiger charge is -2.29. The Kier molecular flexibility index (Phi) is 1.83. The van der Waals surface area contributed by atoms with E-state index in [0.717, 1.165) is 0 Å². The lowest BCUT2D eigenvalue weighted by Crippen LogP contribution is -2.43. The van der Waals surface area contributed by atoms with E-state index in [1.54, 1.807) is 20.8 Å². The van der Waals surface area contributed by atoms with E-state index in [9.17, 15) is 9.59 Å². The van der Waals surface area contributed by atoms with Gasteiger partial charge in [-0.1, -0.05) is 0 Å². The summed E-state index contributed by atoms with van der Waals surface area (Å²) in [6.45, 7) is 5.37. The Bertz CT molecular complexity index is 231. The maximum Gasteiger partial charge on any atom is 0.352 e. The van der Waals surface area contributed by atoms with E-state index >= 15 is 0 Å². The van der Waals surface area contributed by atoms with Crippen molar-refractivity contribution in [3.05, 3.63) is 0 Å². The molecule has 0 aromatic carbocycles. The van der Waals surface area contributed by atoms with Gasteiger partial charge in [0.05, 0.1) is 0 Å². The second-order valence-electron chi connectivity index (χ2n) is 3.75. The maximum absolute atomic E-state index is 11.1. The van der Waals surface area contributed by atoms with Crippen LogP contribution in [-0.4, -0.2) is 39.2 Å². The molecule has 5 nitrogen and oxygen atoms in total. The molecule has 1 saturated heterocycles. The normalized spacial score (nSPS) is 19.3. The van der Waals surface area contributed by atoms with Crippen molar-refractivity contribution in [2.45, 2.75) is 26.3 Å². The van der Waals surface area contributed by atoms with Crippen molar-refractivity contribution in [1.82, 2.24) is 9.96 Å². The van der Waals surface area contributed by atoms with Crippen LogP contribution in [0.2, 0.25) is 0 Å². The molecule has 0 spiro atoms. The number of hydrogen-bond acceptors (Lipinski definition) is 3. The Hall–Kier alpha value is -1.10. The largest absolute Gasteiger partial charge is 0.352 e. The Labute approximate surface area is 70.5 Å². The molecular formula is C7H12N2O3. The van der Waals surface area contributed by atoms with Crippen LogP contribution >= 0.6 is 0 Å². The van der Waals surface area contributed by atoms with E-state index in [-0.39, 0.29) is 11.6 Å². The molecule has 3 amide bonds. The van der Waals surface area contributed by atoms with Crippen LogP contribution in [0.25, 0.3) is 0 Å². The third-order valence-corrected chi connectivity index (χ3v) is 1.75. The number of hydrogen-bond donors (Lipinski definition) is 1. The number of carbonyl (C=O) groups is 2. The topological polar surface area (TPSA) is 60.9 Å². The molecule has 12 heavy (non-hydrogen) atoms. The van der Waals surface area contributed by atoms with Crippen molar-refractivity contribution >= 4 is 11.9 Å². The number of urea groups is 1. The lowest BCUT2D eigenvalue weighted by atomic mass is 10.1. The van der Waals surface area contributed by atoms with Gasteiger partial charge >= 0.3 is 6.03 Å². The predicted molar refractivity (Wildman–Crippen MR) is 40.5 cm³/mol. The van der Waals surface area contributed by atoms with E-state index in [1.807, 2.05) is 0 Å².